The summed E-state index contributed by atoms with van der Waals surface area (Å²) >= 11 is 0. The zero-order valence-corrected chi connectivity index (χ0v) is 11.5. The molecule has 1 aliphatic heterocycles. The van der Waals surface area contributed by atoms with Crippen LogP contribution in [0.2, 0.25) is 0 Å². The lowest BCUT2D eigenvalue weighted by atomic mass is 10.1. The van der Waals surface area contributed by atoms with Crippen molar-refractivity contribution in [2.45, 2.75) is 25.7 Å². The van der Waals surface area contributed by atoms with Crippen molar-refractivity contribution < 1.29 is 9.53 Å². The highest BCUT2D eigenvalue weighted by atomic mass is 16.5. The van der Waals surface area contributed by atoms with Crippen molar-refractivity contribution in [3.05, 3.63) is 29.3 Å². The topological polar surface area (TPSA) is 55.6 Å². The van der Waals surface area contributed by atoms with E-state index in [0.717, 1.165) is 38.2 Å². The van der Waals surface area contributed by atoms with Crippen molar-refractivity contribution in [3.8, 4) is 5.75 Å². The van der Waals surface area contributed by atoms with Crippen LogP contribution >= 0.6 is 0 Å². The van der Waals surface area contributed by atoms with Crippen LogP contribution in [0.15, 0.2) is 18.2 Å². The van der Waals surface area contributed by atoms with Gasteiger partial charge in [-0.25, -0.2) is 0 Å². The first-order valence-corrected chi connectivity index (χ1v) is 6.89. The van der Waals surface area contributed by atoms with Gasteiger partial charge in [0, 0.05) is 26.4 Å². The van der Waals surface area contributed by atoms with E-state index >= 15 is 0 Å². The van der Waals surface area contributed by atoms with Crippen LogP contribution in [-0.2, 0) is 17.6 Å². The SMILES string of the molecule is CN(CCc1ccc2c(c1)CCO2)C(=O)CCCN. The fourth-order valence-electron chi connectivity index (χ4n) is 2.26. The second-order valence-electron chi connectivity index (χ2n) is 5.00. The molecule has 0 radical (unpaired) electrons. The molecule has 2 N–H and O–H groups in total. The number of nitrogens with two attached hydrogens (primary N) is 1. The molecule has 0 fully saturated rings. The molecule has 0 saturated carbocycles. The molecule has 19 heavy (non-hydrogen) atoms. The van der Waals surface area contributed by atoms with Gasteiger partial charge < -0.3 is 15.4 Å². The number of ether oxygens (including phenoxy) is 1. The Balaban J connectivity index is 1.83. The summed E-state index contributed by atoms with van der Waals surface area (Å²) in [7, 11) is 1.86. The van der Waals surface area contributed by atoms with Crippen LogP contribution < -0.4 is 10.5 Å². The molecule has 0 aromatic heterocycles. The summed E-state index contributed by atoms with van der Waals surface area (Å²) in [6, 6.07) is 6.32. The van der Waals surface area contributed by atoms with E-state index in [-0.39, 0.29) is 5.91 Å². The van der Waals surface area contributed by atoms with Crippen LogP contribution in [0.5, 0.6) is 5.75 Å². The van der Waals surface area contributed by atoms with Gasteiger partial charge in [0.15, 0.2) is 0 Å². The van der Waals surface area contributed by atoms with E-state index in [4.69, 9.17) is 10.5 Å². The quantitative estimate of drug-likeness (QED) is 0.842. The van der Waals surface area contributed by atoms with E-state index in [1.165, 1.54) is 11.1 Å². The molecule has 0 spiro atoms. The second kappa shape index (κ2) is 6.57. The molecule has 1 aromatic rings. The van der Waals surface area contributed by atoms with Gasteiger partial charge in [-0.05, 0) is 36.6 Å². The average molecular weight is 262 g/mol. The van der Waals surface area contributed by atoms with Crippen molar-refractivity contribution in [2.75, 3.05) is 26.7 Å². The van der Waals surface area contributed by atoms with Crippen LogP contribution in [0, 0.1) is 0 Å². The maximum absolute atomic E-state index is 11.8. The van der Waals surface area contributed by atoms with Gasteiger partial charge in [-0.1, -0.05) is 12.1 Å². The van der Waals surface area contributed by atoms with Gasteiger partial charge in [0.25, 0.3) is 0 Å². The third kappa shape index (κ3) is 3.70. The summed E-state index contributed by atoms with van der Waals surface area (Å²) in [6.45, 7) is 2.11. The first kappa shape index (κ1) is 13.9. The monoisotopic (exact) mass is 262 g/mol. The summed E-state index contributed by atoms with van der Waals surface area (Å²) in [5, 5.41) is 0. The summed E-state index contributed by atoms with van der Waals surface area (Å²) in [4.78, 5) is 13.6. The number of rotatable bonds is 6. The van der Waals surface area contributed by atoms with Crippen LogP contribution in [-0.4, -0.2) is 37.6 Å². The van der Waals surface area contributed by atoms with E-state index in [9.17, 15) is 4.79 Å². The number of amides is 1. The molecule has 0 atom stereocenters. The van der Waals surface area contributed by atoms with Gasteiger partial charge in [0.2, 0.25) is 5.91 Å². The molecule has 4 nitrogen and oxygen atoms in total. The molecule has 1 amide bonds. The minimum atomic E-state index is 0.176. The van der Waals surface area contributed by atoms with Crippen LogP contribution in [0.1, 0.15) is 24.0 Å². The van der Waals surface area contributed by atoms with Gasteiger partial charge in [-0.15, -0.1) is 0 Å². The molecule has 1 aromatic carbocycles. The van der Waals surface area contributed by atoms with Crippen molar-refractivity contribution in [1.82, 2.24) is 4.90 Å². The van der Waals surface area contributed by atoms with Crippen molar-refractivity contribution in [2.24, 2.45) is 5.73 Å². The molecule has 4 heteroatoms. The fraction of sp³-hybridized carbons (Fsp3) is 0.533. The van der Waals surface area contributed by atoms with E-state index in [2.05, 4.69) is 12.1 Å². The molecular formula is C15H22N2O2. The molecule has 1 aliphatic rings. The third-order valence-corrected chi connectivity index (χ3v) is 3.51. The summed E-state index contributed by atoms with van der Waals surface area (Å²) < 4.78 is 5.49. The Hall–Kier alpha value is -1.55. The van der Waals surface area contributed by atoms with Crippen molar-refractivity contribution in [1.29, 1.82) is 0 Å². The number of nitrogens with zero attached hydrogens (tertiary/aromatic N) is 1. The molecule has 0 saturated heterocycles. The Labute approximate surface area is 114 Å². The van der Waals surface area contributed by atoms with Crippen LogP contribution in [0.4, 0.5) is 0 Å². The standard InChI is InChI=1S/C15H22N2O2/c1-17(15(18)3-2-8-16)9-6-12-4-5-14-13(11-12)7-10-19-14/h4-5,11H,2-3,6-10,16H2,1H3. The lowest BCUT2D eigenvalue weighted by Crippen LogP contribution is -2.29. The van der Waals surface area contributed by atoms with Gasteiger partial charge in [-0.3, -0.25) is 4.79 Å². The zero-order chi connectivity index (χ0) is 13.7. The zero-order valence-electron chi connectivity index (χ0n) is 11.5. The predicted octanol–water partition coefficient (Wildman–Crippen LogP) is 1.36. The van der Waals surface area contributed by atoms with Crippen LogP contribution in [0.3, 0.4) is 0 Å². The maximum Gasteiger partial charge on any atom is 0.222 e. The Morgan fingerprint density at radius 3 is 3.11 bits per heavy atom. The highest BCUT2D eigenvalue weighted by Gasteiger charge is 2.13. The van der Waals surface area contributed by atoms with Crippen molar-refractivity contribution in [3.63, 3.8) is 0 Å². The molecule has 0 aliphatic carbocycles. The third-order valence-electron chi connectivity index (χ3n) is 3.51. The lowest BCUT2D eigenvalue weighted by Gasteiger charge is -2.17. The minimum absolute atomic E-state index is 0.176. The van der Waals surface area contributed by atoms with E-state index in [1.807, 2.05) is 13.1 Å². The summed E-state index contributed by atoms with van der Waals surface area (Å²) in [5.41, 5.74) is 7.96. The molecular weight excluding hydrogens is 240 g/mol. The number of fused-ring (bicyclic) bond motifs is 1. The Kier molecular flexibility index (Phi) is 4.80. The maximum atomic E-state index is 11.8. The molecule has 104 valence electrons. The lowest BCUT2D eigenvalue weighted by molar-refractivity contribution is -0.129. The summed E-state index contributed by atoms with van der Waals surface area (Å²) in [6.07, 6.45) is 3.19. The number of hydrogen-bond acceptors (Lipinski definition) is 3. The number of hydrogen-bond donors (Lipinski definition) is 1. The van der Waals surface area contributed by atoms with Gasteiger partial charge in [0.05, 0.1) is 6.61 Å². The van der Waals surface area contributed by atoms with Gasteiger partial charge in [0.1, 0.15) is 5.75 Å². The fourth-order valence-corrected chi connectivity index (χ4v) is 2.26. The summed E-state index contributed by atoms with van der Waals surface area (Å²) in [5.74, 6) is 1.19. The highest BCUT2D eigenvalue weighted by molar-refractivity contribution is 5.75. The Bertz CT molecular complexity index is 446. The highest BCUT2D eigenvalue weighted by Crippen LogP contribution is 2.25. The van der Waals surface area contributed by atoms with Crippen molar-refractivity contribution >= 4 is 5.91 Å². The van der Waals surface area contributed by atoms with Gasteiger partial charge in [-0.2, -0.15) is 0 Å². The molecule has 0 unspecified atom stereocenters. The number of carbonyl (C=O) groups is 1. The first-order chi connectivity index (χ1) is 9.20. The van der Waals surface area contributed by atoms with E-state index < -0.39 is 0 Å². The van der Waals surface area contributed by atoms with E-state index in [1.54, 1.807) is 4.90 Å². The van der Waals surface area contributed by atoms with Crippen LogP contribution in [0.25, 0.3) is 0 Å². The minimum Gasteiger partial charge on any atom is -0.493 e. The number of benzene rings is 1. The number of likely N-dealkylation sites (N-methyl/N-ethyl adjacent to an activating group) is 1. The Morgan fingerprint density at radius 1 is 1.47 bits per heavy atom. The molecule has 1 heterocycles. The number of carbonyl (C=O) groups excluding carboxylic acids is 1. The van der Waals surface area contributed by atoms with E-state index in [0.29, 0.717) is 13.0 Å². The second-order valence-corrected chi connectivity index (χ2v) is 5.00. The predicted molar refractivity (Wildman–Crippen MR) is 75.3 cm³/mol. The molecule has 0 bridgehead atoms. The first-order valence-electron chi connectivity index (χ1n) is 6.89. The van der Waals surface area contributed by atoms with Gasteiger partial charge >= 0.3 is 0 Å². The largest absolute Gasteiger partial charge is 0.493 e. The normalized spacial score (nSPS) is 12.9. The Morgan fingerprint density at radius 2 is 2.32 bits per heavy atom. The molecule has 2 rings (SSSR count). The smallest absolute Gasteiger partial charge is 0.222 e. The average Bonchev–Trinajstić information content (AvgIpc) is 2.89.